The average molecular weight is 714 g/mol. The van der Waals surface area contributed by atoms with Crippen LogP contribution in [0.5, 0.6) is 0 Å². The van der Waals surface area contributed by atoms with Gasteiger partial charge in [-0.2, -0.15) is 0 Å². The molecule has 1 saturated carbocycles. The minimum atomic E-state index is -0.523. The Hall–Kier alpha value is -6.28. The number of hydrogen-bond donors (Lipinski definition) is 2. The SMILES string of the molecule is Cc1cccnc1-c1ccc(CC(=O)C2CC(C(=O)Nc3ccc(-c4ncccc4C)cc3)CC(C(=O)Nc3ccc(-c4ncccc4C)cc3)C2)cc1. The molecule has 270 valence electrons. The molecule has 3 aromatic carbocycles. The normalized spacial score (nSPS) is 16.7. The number of carbonyl (C=O) groups is 3. The number of aryl methyl sites for hydroxylation is 3. The van der Waals surface area contributed by atoms with Crippen molar-refractivity contribution in [2.75, 3.05) is 10.6 Å². The van der Waals surface area contributed by atoms with Crippen molar-refractivity contribution in [3.8, 4) is 33.8 Å². The lowest BCUT2D eigenvalue weighted by molar-refractivity contribution is -0.130. The zero-order valence-electron chi connectivity index (χ0n) is 30.8. The van der Waals surface area contributed by atoms with Crippen LogP contribution in [0.3, 0.4) is 0 Å². The highest BCUT2D eigenvalue weighted by Gasteiger charge is 2.39. The fourth-order valence-electron chi connectivity index (χ4n) is 7.41. The smallest absolute Gasteiger partial charge is 0.227 e. The van der Waals surface area contributed by atoms with E-state index in [0.29, 0.717) is 30.6 Å². The van der Waals surface area contributed by atoms with E-state index in [9.17, 15) is 14.4 Å². The summed E-state index contributed by atoms with van der Waals surface area (Å²) in [7, 11) is 0. The molecule has 2 unspecified atom stereocenters. The number of amides is 2. The van der Waals surface area contributed by atoms with Crippen LogP contribution in [0.4, 0.5) is 11.4 Å². The highest BCUT2D eigenvalue weighted by molar-refractivity contribution is 5.97. The van der Waals surface area contributed by atoms with Crippen molar-refractivity contribution >= 4 is 29.0 Å². The number of ketones is 1. The number of nitrogens with zero attached hydrogens (tertiary/aromatic N) is 3. The molecule has 6 aromatic rings. The van der Waals surface area contributed by atoms with Gasteiger partial charge < -0.3 is 10.6 Å². The lowest BCUT2D eigenvalue weighted by atomic mass is 9.72. The Morgan fingerprint density at radius 3 is 1.22 bits per heavy atom. The van der Waals surface area contributed by atoms with Crippen LogP contribution in [0.25, 0.3) is 33.8 Å². The minimum absolute atomic E-state index is 0.0252. The van der Waals surface area contributed by atoms with E-state index in [-0.39, 0.29) is 24.0 Å². The molecule has 2 amide bonds. The number of pyridine rings is 3. The topological polar surface area (TPSA) is 114 Å². The van der Waals surface area contributed by atoms with E-state index in [1.54, 1.807) is 18.6 Å². The summed E-state index contributed by atoms with van der Waals surface area (Å²) in [6.07, 6.45) is 6.63. The fraction of sp³-hybridized carbons (Fsp3) is 0.217. The van der Waals surface area contributed by atoms with Gasteiger partial charge in [0.2, 0.25) is 11.8 Å². The Kier molecular flexibility index (Phi) is 10.8. The van der Waals surface area contributed by atoms with Gasteiger partial charge in [-0.1, -0.05) is 66.7 Å². The molecule has 0 aliphatic heterocycles. The van der Waals surface area contributed by atoms with Gasteiger partial charge in [-0.3, -0.25) is 29.3 Å². The van der Waals surface area contributed by atoms with Crippen LogP contribution in [0.1, 0.15) is 41.5 Å². The molecular weight excluding hydrogens is 671 g/mol. The van der Waals surface area contributed by atoms with E-state index in [1.807, 2.05) is 130 Å². The van der Waals surface area contributed by atoms with E-state index in [4.69, 9.17) is 0 Å². The number of nitrogens with one attached hydrogen (secondary N) is 2. The van der Waals surface area contributed by atoms with Gasteiger partial charge in [0.05, 0.1) is 17.1 Å². The average Bonchev–Trinajstić information content (AvgIpc) is 3.19. The van der Waals surface area contributed by atoms with E-state index in [2.05, 4.69) is 25.6 Å². The standard InChI is InChI=1S/C46H43N5O3/c1-29-7-4-22-47-42(29)33-12-10-32(11-13-33)25-41(52)36-26-37(45(53)50-39-18-14-34(15-19-39)43-30(2)8-5-23-48-43)28-38(27-36)46(54)51-40-20-16-35(17-21-40)44-31(3)9-6-24-49-44/h4-24,36-38H,25-28H2,1-3H3,(H,50,53)(H,51,54). The first-order valence-electron chi connectivity index (χ1n) is 18.4. The summed E-state index contributed by atoms with van der Waals surface area (Å²) >= 11 is 0. The van der Waals surface area contributed by atoms with Crippen LogP contribution in [-0.4, -0.2) is 32.5 Å². The third kappa shape index (κ3) is 8.34. The van der Waals surface area contributed by atoms with Gasteiger partial charge in [0, 0.05) is 70.8 Å². The molecule has 3 aromatic heterocycles. The summed E-state index contributed by atoms with van der Waals surface area (Å²) in [6.45, 7) is 6.06. The summed E-state index contributed by atoms with van der Waals surface area (Å²) in [5, 5.41) is 6.12. The number of benzene rings is 3. The van der Waals surface area contributed by atoms with Gasteiger partial charge in [-0.25, -0.2) is 0 Å². The van der Waals surface area contributed by atoms with Crippen LogP contribution in [0.2, 0.25) is 0 Å². The van der Waals surface area contributed by atoms with Gasteiger partial charge in [-0.05, 0) is 105 Å². The van der Waals surface area contributed by atoms with Gasteiger partial charge in [0.25, 0.3) is 0 Å². The fourth-order valence-corrected chi connectivity index (χ4v) is 7.41. The van der Waals surface area contributed by atoms with E-state index < -0.39 is 17.8 Å². The number of carbonyl (C=O) groups excluding carboxylic acids is 3. The second-order valence-electron chi connectivity index (χ2n) is 14.3. The second-order valence-corrected chi connectivity index (χ2v) is 14.3. The van der Waals surface area contributed by atoms with Gasteiger partial charge >= 0.3 is 0 Å². The van der Waals surface area contributed by atoms with Crippen molar-refractivity contribution in [2.24, 2.45) is 17.8 Å². The predicted octanol–water partition coefficient (Wildman–Crippen LogP) is 9.22. The second kappa shape index (κ2) is 16.2. The monoisotopic (exact) mass is 713 g/mol. The number of rotatable bonds is 10. The Bertz CT molecular complexity index is 2020. The minimum Gasteiger partial charge on any atom is -0.326 e. The molecule has 3 heterocycles. The molecule has 0 saturated heterocycles. The molecule has 0 spiro atoms. The van der Waals surface area contributed by atoms with Gasteiger partial charge in [0.15, 0.2) is 0 Å². The maximum Gasteiger partial charge on any atom is 0.227 e. The molecule has 8 heteroatoms. The quantitative estimate of drug-likeness (QED) is 0.146. The summed E-state index contributed by atoms with van der Waals surface area (Å²) in [4.78, 5) is 55.2. The molecule has 2 atom stereocenters. The van der Waals surface area contributed by atoms with Crippen LogP contribution in [0.15, 0.2) is 128 Å². The van der Waals surface area contributed by atoms with Crippen LogP contribution < -0.4 is 10.6 Å². The van der Waals surface area contributed by atoms with Crippen molar-refractivity contribution in [3.05, 3.63) is 150 Å². The first-order valence-corrected chi connectivity index (χ1v) is 18.4. The largest absolute Gasteiger partial charge is 0.326 e. The Morgan fingerprint density at radius 1 is 0.500 bits per heavy atom. The number of anilines is 2. The van der Waals surface area contributed by atoms with Crippen LogP contribution in [-0.2, 0) is 20.8 Å². The maximum absolute atomic E-state index is 13.9. The predicted molar refractivity (Wildman–Crippen MR) is 214 cm³/mol. The molecule has 1 fully saturated rings. The van der Waals surface area contributed by atoms with Crippen molar-refractivity contribution in [2.45, 2.75) is 46.5 Å². The first kappa shape index (κ1) is 36.1. The molecule has 0 radical (unpaired) electrons. The summed E-state index contributed by atoms with van der Waals surface area (Å²) in [5.74, 6) is -1.87. The zero-order valence-corrected chi connectivity index (χ0v) is 30.8. The summed E-state index contributed by atoms with van der Waals surface area (Å²) in [5.41, 5.74) is 11.0. The van der Waals surface area contributed by atoms with Crippen molar-refractivity contribution in [1.29, 1.82) is 0 Å². The van der Waals surface area contributed by atoms with Crippen molar-refractivity contribution in [3.63, 3.8) is 0 Å². The molecule has 1 aliphatic carbocycles. The highest BCUT2D eigenvalue weighted by atomic mass is 16.2. The zero-order chi connectivity index (χ0) is 37.6. The Morgan fingerprint density at radius 2 is 0.852 bits per heavy atom. The van der Waals surface area contributed by atoms with E-state index >= 15 is 0 Å². The lowest BCUT2D eigenvalue weighted by Gasteiger charge is -2.33. The lowest BCUT2D eigenvalue weighted by Crippen LogP contribution is -2.39. The maximum atomic E-state index is 13.9. The summed E-state index contributed by atoms with van der Waals surface area (Å²) in [6, 6.07) is 34.9. The molecule has 1 aliphatic rings. The van der Waals surface area contributed by atoms with Crippen LogP contribution >= 0.6 is 0 Å². The third-order valence-electron chi connectivity index (χ3n) is 10.4. The molecular formula is C46H43N5O3. The van der Waals surface area contributed by atoms with E-state index in [0.717, 1.165) is 56.0 Å². The number of aromatic nitrogens is 3. The molecule has 2 N–H and O–H groups in total. The Labute approximate surface area is 316 Å². The van der Waals surface area contributed by atoms with Crippen LogP contribution in [0, 0.1) is 38.5 Å². The molecule has 54 heavy (non-hydrogen) atoms. The van der Waals surface area contributed by atoms with Gasteiger partial charge in [-0.15, -0.1) is 0 Å². The van der Waals surface area contributed by atoms with Gasteiger partial charge in [0.1, 0.15) is 5.78 Å². The molecule has 8 nitrogen and oxygen atoms in total. The highest BCUT2D eigenvalue weighted by Crippen LogP contribution is 2.37. The van der Waals surface area contributed by atoms with Crippen molar-refractivity contribution in [1.82, 2.24) is 15.0 Å². The number of hydrogen-bond acceptors (Lipinski definition) is 6. The third-order valence-corrected chi connectivity index (χ3v) is 10.4. The summed E-state index contributed by atoms with van der Waals surface area (Å²) < 4.78 is 0. The molecule has 7 rings (SSSR count). The number of Topliss-reactive ketones (excluding diaryl/α,β-unsaturated/α-hetero) is 1. The first-order chi connectivity index (χ1) is 26.2. The molecule has 0 bridgehead atoms. The Balaban J connectivity index is 1.07. The van der Waals surface area contributed by atoms with E-state index in [1.165, 1.54) is 0 Å². The van der Waals surface area contributed by atoms with Crippen molar-refractivity contribution < 1.29 is 14.4 Å².